The zero-order valence-electron chi connectivity index (χ0n) is 12.5. The third-order valence-electron chi connectivity index (χ3n) is 4.22. The van der Waals surface area contributed by atoms with Crippen LogP contribution < -0.4 is 10.5 Å². The fourth-order valence-electron chi connectivity index (χ4n) is 2.76. The van der Waals surface area contributed by atoms with Crippen molar-refractivity contribution in [2.75, 3.05) is 0 Å². The van der Waals surface area contributed by atoms with Crippen molar-refractivity contribution in [2.24, 2.45) is 11.7 Å². The van der Waals surface area contributed by atoms with Crippen molar-refractivity contribution in [1.29, 1.82) is 0 Å². The fraction of sp³-hybridized carbons (Fsp3) is 0.600. The third-order valence-corrected chi connectivity index (χ3v) is 6.69. The molecule has 1 aromatic rings. The lowest BCUT2D eigenvalue weighted by molar-refractivity contribution is 0.332. The Morgan fingerprint density at radius 1 is 1.29 bits per heavy atom. The van der Waals surface area contributed by atoms with E-state index in [1.807, 2.05) is 13.0 Å². The molecule has 6 heteroatoms. The molecule has 21 heavy (non-hydrogen) atoms. The summed E-state index contributed by atoms with van der Waals surface area (Å²) in [5.74, 6) is 0.696. The topological polar surface area (TPSA) is 72.2 Å². The molecule has 0 saturated heterocycles. The summed E-state index contributed by atoms with van der Waals surface area (Å²) in [5, 5.41) is 0. The Bertz CT molecular complexity index is 608. The molecule has 0 heterocycles. The number of hydrogen-bond donors (Lipinski definition) is 2. The Kier molecular flexibility index (Phi) is 5.46. The summed E-state index contributed by atoms with van der Waals surface area (Å²) in [5.41, 5.74) is 7.18. The van der Waals surface area contributed by atoms with Gasteiger partial charge in [-0.3, -0.25) is 0 Å². The average Bonchev–Trinajstić information content (AvgIpc) is 2.43. The number of hydrogen-bond acceptors (Lipinski definition) is 3. The van der Waals surface area contributed by atoms with Crippen LogP contribution >= 0.6 is 15.9 Å². The maximum Gasteiger partial charge on any atom is 0.241 e. The predicted octanol–water partition coefficient (Wildman–Crippen LogP) is 3.07. The van der Waals surface area contributed by atoms with Gasteiger partial charge in [-0.1, -0.05) is 22.9 Å². The molecular weight excluding hydrogens is 352 g/mol. The van der Waals surface area contributed by atoms with Crippen LogP contribution in [0.2, 0.25) is 0 Å². The number of benzene rings is 1. The molecule has 1 aromatic carbocycles. The van der Waals surface area contributed by atoms with Crippen LogP contribution in [0.1, 0.15) is 43.7 Å². The van der Waals surface area contributed by atoms with Crippen LogP contribution in [0.15, 0.2) is 21.5 Å². The molecule has 1 aliphatic rings. The molecule has 1 fully saturated rings. The van der Waals surface area contributed by atoms with Gasteiger partial charge < -0.3 is 5.73 Å². The van der Waals surface area contributed by atoms with Crippen LogP contribution in [0.4, 0.5) is 0 Å². The van der Waals surface area contributed by atoms with Gasteiger partial charge in [-0.15, -0.1) is 0 Å². The van der Waals surface area contributed by atoms with E-state index in [2.05, 4.69) is 27.6 Å². The van der Waals surface area contributed by atoms with Crippen molar-refractivity contribution in [1.82, 2.24) is 4.72 Å². The molecule has 4 nitrogen and oxygen atoms in total. The van der Waals surface area contributed by atoms with Crippen LogP contribution in [0, 0.1) is 12.8 Å². The summed E-state index contributed by atoms with van der Waals surface area (Å²) in [6.45, 7) is 4.35. The van der Waals surface area contributed by atoms with Gasteiger partial charge in [0, 0.05) is 17.1 Å². The summed E-state index contributed by atoms with van der Waals surface area (Å²) >= 11 is 3.42. The molecule has 0 aromatic heterocycles. The van der Waals surface area contributed by atoms with Crippen molar-refractivity contribution in [3.05, 3.63) is 27.7 Å². The lowest BCUT2D eigenvalue weighted by atomic mass is 9.88. The van der Waals surface area contributed by atoms with Gasteiger partial charge in [0.25, 0.3) is 0 Å². The van der Waals surface area contributed by atoms with E-state index in [0.29, 0.717) is 17.4 Å². The number of halogens is 1. The van der Waals surface area contributed by atoms with Crippen molar-refractivity contribution < 1.29 is 8.42 Å². The van der Waals surface area contributed by atoms with Gasteiger partial charge in [-0.2, -0.15) is 0 Å². The van der Waals surface area contributed by atoms with E-state index in [0.717, 1.165) is 41.3 Å². The highest BCUT2D eigenvalue weighted by molar-refractivity contribution is 9.10. The molecule has 1 saturated carbocycles. The highest BCUT2D eigenvalue weighted by Gasteiger charge is 2.26. The first-order valence-electron chi connectivity index (χ1n) is 7.35. The van der Waals surface area contributed by atoms with E-state index < -0.39 is 10.0 Å². The van der Waals surface area contributed by atoms with Crippen LogP contribution in [-0.2, 0) is 16.6 Å². The van der Waals surface area contributed by atoms with Crippen molar-refractivity contribution in [3.63, 3.8) is 0 Å². The molecular formula is C15H23BrN2O2S. The zero-order chi connectivity index (χ0) is 15.6. The largest absolute Gasteiger partial charge is 0.326 e. The van der Waals surface area contributed by atoms with E-state index in [9.17, 15) is 8.42 Å². The Hall–Kier alpha value is -0.430. The minimum absolute atomic E-state index is 0.0471. The van der Waals surface area contributed by atoms with Gasteiger partial charge in [0.15, 0.2) is 0 Å². The standard InChI is InChI=1S/C15H23BrN2O2S/c1-10-3-5-13(6-4-10)18-21(19,20)15-8-12(9-17)7-14(16)11(15)2/h7-8,10,13,18H,3-6,9,17H2,1-2H3. The Labute approximate surface area is 135 Å². The molecule has 0 unspecified atom stereocenters. The molecule has 0 spiro atoms. The van der Waals surface area contributed by atoms with Gasteiger partial charge in [0.2, 0.25) is 10.0 Å². The first-order valence-corrected chi connectivity index (χ1v) is 9.62. The maximum atomic E-state index is 12.7. The molecule has 2 rings (SSSR count). The summed E-state index contributed by atoms with van der Waals surface area (Å²) in [6, 6.07) is 3.59. The quantitative estimate of drug-likeness (QED) is 0.850. The number of rotatable bonds is 4. The molecule has 0 aliphatic heterocycles. The molecule has 0 amide bonds. The van der Waals surface area contributed by atoms with Crippen LogP contribution in [-0.4, -0.2) is 14.5 Å². The molecule has 0 bridgehead atoms. The summed E-state index contributed by atoms with van der Waals surface area (Å²) in [6.07, 6.45) is 3.99. The van der Waals surface area contributed by atoms with Crippen molar-refractivity contribution >= 4 is 26.0 Å². The lowest BCUT2D eigenvalue weighted by Crippen LogP contribution is -2.37. The number of nitrogens with two attached hydrogens (primary N) is 1. The van der Waals surface area contributed by atoms with Crippen molar-refractivity contribution in [2.45, 2.75) is 57.0 Å². The monoisotopic (exact) mass is 374 g/mol. The molecule has 118 valence electrons. The van der Waals surface area contributed by atoms with E-state index in [4.69, 9.17) is 5.73 Å². The Morgan fingerprint density at radius 3 is 2.48 bits per heavy atom. The maximum absolute atomic E-state index is 12.7. The van der Waals surface area contributed by atoms with E-state index in [1.165, 1.54) is 0 Å². The van der Waals surface area contributed by atoms with Gasteiger partial charge in [0.05, 0.1) is 4.90 Å². The van der Waals surface area contributed by atoms with Gasteiger partial charge >= 0.3 is 0 Å². The van der Waals surface area contributed by atoms with E-state index in [1.54, 1.807) is 6.07 Å². The van der Waals surface area contributed by atoms with Gasteiger partial charge in [-0.05, 0) is 61.8 Å². The SMILES string of the molecule is Cc1c(Br)cc(CN)cc1S(=O)(=O)NC1CCC(C)CC1. The van der Waals surface area contributed by atoms with Crippen molar-refractivity contribution in [3.8, 4) is 0 Å². The van der Waals surface area contributed by atoms with Gasteiger partial charge in [-0.25, -0.2) is 13.1 Å². The second kappa shape index (κ2) is 6.77. The second-order valence-electron chi connectivity index (χ2n) is 5.98. The summed E-state index contributed by atoms with van der Waals surface area (Å²) in [7, 11) is -3.50. The number of sulfonamides is 1. The summed E-state index contributed by atoms with van der Waals surface area (Å²) < 4.78 is 28.9. The Morgan fingerprint density at radius 2 is 1.90 bits per heavy atom. The van der Waals surface area contributed by atoms with Crippen LogP contribution in [0.5, 0.6) is 0 Å². The number of nitrogens with one attached hydrogen (secondary N) is 1. The fourth-order valence-corrected chi connectivity index (χ4v) is 5.02. The van der Waals surface area contributed by atoms with Crippen LogP contribution in [0.25, 0.3) is 0 Å². The van der Waals surface area contributed by atoms with E-state index in [-0.39, 0.29) is 6.04 Å². The molecule has 3 N–H and O–H groups in total. The highest BCUT2D eigenvalue weighted by atomic mass is 79.9. The van der Waals surface area contributed by atoms with E-state index >= 15 is 0 Å². The van der Waals surface area contributed by atoms with Gasteiger partial charge in [0.1, 0.15) is 0 Å². The summed E-state index contributed by atoms with van der Waals surface area (Å²) in [4.78, 5) is 0.330. The average molecular weight is 375 g/mol. The third kappa shape index (κ3) is 4.06. The smallest absolute Gasteiger partial charge is 0.241 e. The first kappa shape index (κ1) is 16.9. The second-order valence-corrected chi connectivity index (χ2v) is 8.52. The predicted molar refractivity (Wildman–Crippen MR) is 88.5 cm³/mol. The minimum Gasteiger partial charge on any atom is -0.326 e. The molecule has 1 aliphatic carbocycles. The molecule has 0 atom stereocenters. The highest BCUT2D eigenvalue weighted by Crippen LogP contribution is 2.28. The lowest BCUT2D eigenvalue weighted by Gasteiger charge is -2.27. The molecule has 0 radical (unpaired) electrons. The van der Waals surface area contributed by atoms with Crippen LogP contribution in [0.3, 0.4) is 0 Å². The first-order chi connectivity index (χ1) is 9.83. The zero-order valence-corrected chi connectivity index (χ0v) is 14.9. The minimum atomic E-state index is -3.50. The normalized spacial score (nSPS) is 23.2. The Balaban J connectivity index is 2.25.